The first-order valence-electron chi connectivity index (χ1n) is 12.0. The van der Waals surface area contributed by atoms with Crippen molar-refractivity contribution >= 4 is 22.7 Å². The van der Waals surface area contributed by atoms with E-state index < -0.39 is 5.82 Å². The lowest BCUT2D eigenvalue weighted by Gasteiger charge is -2.22. The predicted molar refractivity (Wildman–Crippen MR) is 130 cm³/mol. The number of nitrogens with one attached hydrogen (secondary N) is 2. The lowest BCUT2D eigenvalue weighted by Crippen LogP contribution is -2.42. The molecule has 4 aromatic rings. The Kier molecular flexibility index (Phi) is 5.84. The van der Waals surface area contributed by atoms with Crippen molar-refractivity contribution in [3.63, 3.8) is 0 Å². The highest BCUT2D eigenvalue weighted by atomic mass is 19.1. The van der Waals surface area contributed by atoms with Crippen molar-refractivity contribution in [1.29, 1.82) is 0 Å². The molecule has 2 fully saturated rings. The molecular weight excluding hydrogens is 481 g/mol. The molecule has 2 aliphatic rings. The zero-order valence-electron chi connectivity index (χ0n) is 20.0. The number of likely N-dealkylation sites (tertiary alicyclic amines) is 1. The first kappa shape index (κ1) is 23.2. The van der Waals surface area contributed by atoms with Crippen LogP contribution in [-0.2, 0) is 9.53 Å². The average Bonchev–Trinajstić information content (AvgIpc) is 3.69. The summed E-state index contributed by atoms with van der Waals surface area (Å²) in [5.41, 5.74) is 2.79. The minimum Gasteiger partial charge on any atom is -0.488 e. The van der Waals surface area contributed by atoms with Crippen LogP contribution in [0.4, 0.5) is 4.39 Å². The van der Waals surface area contributed by atoms with Gasteiger partial charge < -0.3 is 24.2 Å². The Morgan fingerprint density at radius 1 is 1.22 bits per heavy atom. The summed E-state index contributed by atoms with van der Waals surface area (Å²) < 4.78 is 30.5. The number of aromatic amines is 1. The Bertz CT molecular complexity index is 1480. The number of ether oxygens (including phenoxy) is 2. The van der Waals surface area contributed by atoms with Crippen LogP contribution in [0.5, 0.6) is 5.75 Å². The minimum absolute atomic E-state index is 0.0804. The molecule has 6 rings (SSSR count). The Morgan fingerprint density at radius 3 is 2.86 bits per heavy atom. The van der Waals surface area contributed by atoms with Gasteiger partial charge in [0.05, 0.1) is 12.1 Å². The van der Waals surface area contributed by atoms with E-state index in [1.807, 2.05) is 0 Å². The molecule has 0 bridgehead atoms. The summed E-state index contributed by atoms with van der Waals surface area (Å²) in [5, 5.41) is 14.7. The number of H-pyrrole nitrogens is 1. The molecule has 2 aliphatic heterocycles. The molecule has 2 amide bonds. The number of aromatic nitrogens is 3. The van der Waals surface area contributed by atoms with Gasteiger partial charge in [0.2, 0.25) is 5.91 Å². The van der Waals surface area contributed by atoms with Crippen molar-refractivity contribution in [2.75, 3.05) is 33.4 Å². The molecule has 2 aromatic carbocycles. The Hall–Kier alpha value is -4.25. The normalized spacial score (nSPS) is 18.9. The highest BCUT2D eigenvalue weighted by Crippen LogP contribution is 2.33. The Morgan fingerprint density at radius 2 is 2.05 bits per heavy atom. The van der Waals surface area contributed by atoms with E-state index in [9.17, 15) is 14.0 Å². The second kappa shape index (κ2) is 9.32. The van der Waals surface area contributed by atoms with Crippen LogP contribution in [0.25, 0.3) is 33.6 Å². The van der Waals surface area contributed by atoms with Crippen molar-refractivity contribution < 1.29 is 28.0 Å². The van der Waals surface area contributed by atoms with Gasteiger partial charge >= 0.3 is 0 Å². The van der Waals surface area contributed by atoms with Gasteiger partial charge in [0.1, 0.15) is 24.0 Å². The van der Waals surface area contributed by atoms with E-state index in [0.717, 1.165) is 12.0 Å². The number of benzene rings is 2. The van der Waals surface area contributed by atoms with Gasteiger partial charge in [-0.3, -0.25) is 14.7 Å². The monoisotopic (exact) mass is 505 g/mol. The SMILES string of the molecule is COCCOc1cc2[nH]nc(-c3cc(-c4ccc(C(=O)N5CC[C@H]6CNC(=O)[C@H]65)cc4)no3)c2cc1F. The second-order valence-electron chi connectivity index (χ2n) is 9.13. The molecule has 190 valence electrons. The van der Waals surface area contributed by atoms with Crippen LogP contribution < -0.4 is 10.1 Å². The van der Waals surface area contributed by atoms with Crippen LogP contribution in [0.3, 0.4) is 0 Å². The van der Waals surface area contributed by atoms with Crippen molar-refractivity contribution in [3.8, 4) is 28.5 Å². The fraction of sp³-hybridized carbons (Fsp3) is 0.308. The van der Waals surface area contributed by atoms with E-state index in [-0.39, 0.29) is 36.1 Å². The van der Waals surface area contributed by atoms with E-state index in [1.165, 1.54) is 6.07 Å². The summed E-state index contributed by atoms with van der Waals surface area (Å²) in [6, 6.07) is 11.2. The molecule has 10 nitrogen and oxygen atoms in total. The fourth-order valence-corrected chi connectivity index (χ4v) is 5.01. The third kappa shape index (κ3) is 4.10. The van der Waals surface area contributed by atoms with Crippen LogP contribution >= 0.6 is 0 Å². The van der Waals surface area contributed by atoms with Crippen molar-refractivity contribution in [3.05, 3.63) is 53.8 Å². The van der Waals surface area contributed by atoms with Gasteiger partial charge in [0.15, 0.2) is 17.3 Å². The van der Waals surface area contributed by atoms with Crippen LogP contribution in [-0.4, -0.2) is 71.5 Å². The third-order valence-electron chi connectivity index (χ3n) is 6.92. The Labute approximate surface area is 210 Å². The number of carbonyl (C=O) groups excluding carboxylic acids is 2. The van der Waals surface area contributed by atoms with Crippen molar-refractivity contribution in [2.45, 2.75) is 12.5 Å². The molecule has 0 saturated carbocycles. The molecule has 4 heterocycles. The number of rotatable bonds is 7. The van der Waals surface area contributed by atoms with Crippen LogP contribution in [0.15, 0.2) is 47.0 Å². The number of hydrogen-bond acceptors (Lipinski definition) is 7. The van der Waals surface area contributed by atoms with E-state index in [2.05, 4.69) is 20.7 Å². The van der Waals surface area contributed by atoms with Gasteiger partial charge in [-0.05, 0) is 24.6 Å². The number of carbonyl (C=O) groups is 2. The predicted octanol–water partition coefficient (Wildman–Crippen LogP) is 3.01. The van der Waals surface area contributed by atoms with Crippen LogP contribution in [0.1, 0.15) is 16.8 Å². The third-order valence-corrected chi connectivity index (χ3v) is 6.92. The molecule has 11 heteroatoms. The maximum atomic E-state index is 14.6. The fourth-order valence-electron chi connectivity index (χ4n) is 5.01. The smallest absolute Gasteiger partial charge is 0.254 e. The highest BCUT2D eigenvalue weighted by molar-refractivity contribution is 5.99. The maximum Gasteiger partial charge on any atom is 0.254 e. The number of amides is 2. The van der Waals surface area contributed by atoms with Crippen LogP contribution in [0.2, 0.25) is 0 Å². The van der Waals surface area contributed by atoms with Gasteiger partial charge in [0, 0.05) is 54.8 Å². The molecule has 2 aromatic heterocycles. The molecule has 0 aliphatic carbocycles. The molecule has 2 N–H and O–H groups in total. The number of halogens is 1. The second-order valence-corrected chi connectivity index (χ2v) is 9.13. The summed E-state index contributed by atoms with van der Waals surface area (Å²) in [6.45, 7) is 1.78. The maximum absolute atomic E-state index is 14.6. The minimum atomic E-state index is -0.523. The van der Waals surface area contributed by atoms with E-state index in [4.69, 9.17) is 14.0 Å². The zero-order valence-corrected chi connectivity index (χ0v) is 20.0. The van der Waals surface area contributed by atoms with E-state index >= 15 is 0 Å². The van der Waals surface area contributed by atoms with Crippen LogP contribution in [0, 0.1) is 11.7 Å². The first-order valence-corrected chi connectivity index (χ1v) is 12.0. The van der Waals surface area contributed by atoms with E-state index in [1.54, 1.807) is 48.4 Å². The van der Waals surface area contributed by atoms with Gasteiger partial charge in [-0.15, -0.1) is 0 Å². The first-order chi connectivity index (χ1) is 18.0. The van der Waals surface area contributed by atoms with Gasteiger partial charge in [0.25, 0.3) is 5.91 Å². The molecule has 2 saturated heterocycles. The average molecular weight is 506 g/mol. The number of nitrogens with zero attached hydrogens (tertiary/aromatic N) is 3. The quantitative estimate of drug-likeness (QED) is 0.370. The molecule has 0 radical (unpaired) electrons. The number of hydrogen-bond donors (Lipinski definition) is 2. The van der Waals surface area contributed by atoms with Gasteiger partial charge in [-0.2, -0.15) is 5.10 Å². The number of fused-ring (bicyclic) bond motifs is 2. The van der Waals surface area contributed by atoms with Crippen molar-refractivity contribution in [2.24, 2.45) is 5.92 Å². The highest BCUT2D eigenvalue weighted by Gasteiger charge is 2.45. The topological polar surface area (TPSA) is 123 Å². The largest absolute Gasteiger partial charge is 0.488 e. The standard InChI is InChI=1S/C26H24FN5O5/c1-35-8-9-36-21-12-20-17(10-18(21)27)23(30-29-20)22-11-19(31-37-22)14-2-4-15(5-3-14)26(34)32-7-6-16-13-28-25(33)24(16)32/h2-5,10-12,16,24H,6-9,13H2,1H3,(H,28,33)(H,29,30)/t16-,24-/m0/s1. The van der Waals surface area contributed by atoms with Gasteiger partial charge in [-0.1, -0.05) is 17.3 Å². The summed E-state index contributed by atoms with van der Waals surface area (Å²) in [5.74, 6) is -0.109. The summed E-state index contributed by atoms with van der Waals surface area (Å²) in [4.78, 5) is 26.9. The lowest BCUT2D eigenvalue weighted by molar-refractivity contribution is -0.122. The number of methoxy groups -OCH3 is 1. The lowest BCUT2D eigenvalue weighted by atomic mass is 10.0. The summed E-state index contributed by atoms with van der Waals surface area (Å²) >= 11 is 0. The molecule has 2 atom stereocenters. The van der Waals surface area contributed by atoms with Gasteiger partial charge in [-0.25, -0.2) is 4.39 Å². The molecule has 37 heavy (non-hydrogen) atoms. The summed E-state index contributed by atoms with van der Waals surface area (Å²) in [6.07, 6.45) is 0.822. The molecular formula is C26H24FN5O5. The zero-order chi connectivity index (χ0) is 25.5. The van der Waals surface area contributed by atoms with Crippen molar-refractivity contribution in [1.82, 2.24) is 25.6 Å². The molecule has 0 unspecified atom stereocenters. The summed E-state index contributed by atoms with van der Waals surface area (Å²) in [7, 11) is 1.55. The van der Waals surface area contributed by atoms with E-state index in [0.29, 0.717) is 53.3 Å². The Balaban J connectivity index is 1.21. The molecule has 0 spiro atoms.